The molecule has 0 aliphatic rings. The molecule has 0 bridgehead atoms. The predicted molar refractivity (Wildman–Crippen MR) is 86.4 cm³/mol. The van der Waals surface area contributed by atoms with E-state index in [-0.39, 0.29) is 11.6 Å². The molecule has 0 N–H and O–H groups in total. The van der Waals surface area contributed by atoms with Crippen molar-refractivity contribution in [3.8, 4) is 5.75 Å². The maximum atomic E-state index is 13.1. The monoisotopic (exact) mass is 400 g/mol. The highest BCUT2D eigenvalue weighted by atomic mass is 127. The quantitative estimate of drug-likeness (QED) is 0.422. The molecule has 0 heterocycles. The van der Waals surface area contributed by atoms with E-state index in [4.69, 9.17) is 9.47 Å². The maximum absolute atomic E-state index is 13.1. The summed E-state index contributed by atoms with van der Waals surface area (Å²) in [5, 5.41) is 0. The van der Waals surface area contributed by atoms with Crippen molar-refractivity contribution < 1.29 is 18.7 Å². The normalized spacial score (nSPS) is 10.4. The Labute approximate surface area is 136 Å². The molecule has 0 unspecified atom stereocenters. The lowest BCUT2D eigenvalue weighted by atomic mass is 10.0. The first-order chi connectivity index (χ1) is 10.1. The zero-order valence-corrected chi connectivity index (χ0v) is 13.6. The molecular formula is C16H14FIO3. The fraction of sp³-hybridized carbons (Fsp3) is 0.188. The van der Waals surface area contributed by atoms with Crippen LogP contribution >= 0.6 is 22.6 Å². The Morgan fingerprint density at radius 2 is 1.90 bits per heavy atom. The van der Waals surface area contributed by atoms with Crippen molar-refractivity contribution in [3.63, 3.8) is 0 Å². The van der Waals surface area contributed by atoms with Crippen molar-refractivity contribution in [1.82, 2.24) is 0 Å². The minimum absolute atomic E-state index is 0.188. The Balaban J connectivity index is 2.30. The van der Waals surface area contributed by atoms with Crippen LogP contribution in [-0.2, 0) is 4.74 Å². The van der Waals surface area contributed by atoms with Gasteiger partial charge in [0.05, 0.1) is 12.2 Å². The summed E-state index contributed by atoms with van der Waals surface area (Å²) in [7, 11) is 1.58. The zero-order valence-electron chi connectivity index (χ0n) is 11.4. The van der Waals surface area contributed by atoms with Gasteiger partial charge in [-0.05, 0) is 52.9 Å². The van der Waals surface area contributed by atoms with E-state index in [1.807, 2.05) is 22.6 Å². The van der Waals surface area contributed by atoms with E-state index < -0.39 is 0 Å². The molecule has 5 heteroatoms. The van der Waals surface area contributed by atoms with Crippen LogP contribution in [0.1, 0.15) is 15.9 Å². The van der Waals surface area contributed by atoms with Gasteiger partial charge in [-0.3, -0.25) is 4.79 Å². The van der Waals surface area contributed by atoms with Gasteiger partial charge in [-0.1, -0.05) is 12.1 Å². The molecule has 0 amide bonds. The molecule has 2 aromatic carbocycles. The molecule has 0 saturated carbocycles. The second-order valence-electron chi connectivity index (χ2n) is 4.29. The number of benzene rings is 2. The van der Waals surface area contributed by atoms with Gasteiger partial charge in [-0.2, -0.15) is 0 Å². The Bertz CT molecular complexity index is 643. The Kier molecular flexibility index (Phi) is 5.69. The highest BCUT2D eigenvalue weighted by Crippen LogP contribution is 2.24. The topological polar surface area (TPSA) is 35.5 Å². The lowest BCUT2D eigenvalue weighted by Gasteiger charge is -2.11. The first kappa shape index (κ1) is 15.9. The second-order valence-corrected chi connectivity index (χ2v) is 5.45. The number of hydrogen-bond donors (Lipinski definition) is 0. The number of ketones is 1. The van der Waals surface area contributed by atoms with Crippen molar-refractivity contribution in [2.24, 2.45) is 0 Å². The highest BCUT2D eigenvalue weighted by Gasteiger charge is 2.17. The molecule has 21 heavy (non-hydrogen) atoms. The van der Waals surface area contributed by atoms with E-state index in [0.717, 1.165) is 0 Å². The van der Waals surface area contributed by atoms with Gasteiger partial charge in [0.25, 0.3) is 0 Å². The maximum Gasteiger partial charge on any atom is 0.197 e. The van der Waals surface area contributed by atoms with Crippen LogP contribution in [0.15, 0.2) is 42.5 Å². The van der Waals surface area contributed by atoms with Crippen LogP contribution in [0.5, 0.6) is 5.75 Å². The largest absolute Gasteiger partial charge is 0.490 e. The van der Waals surface area contributed by atoms with Gasteiger partial charge in [-0.25, -0.2) is 4.39 Å². The third-order valence-electron chi connectivity index (χ3n) is 2.85. The summed E-state index contributed by atoms with van der Waals surface area (Å²) < 4.78 is 24.2. The molecule has 2 aromatic rings. The van der Waals surface area contributed by atoms with Crippen molar-refractivity contribution in [2.45, 2.75) is 0 Å². The predicted octanol–water partition coefficient (Wildman–Crippen LogP) is 3.69. The van der Waals surface area contributed by atoms with Crippen LogP contribution in [0.4, 0.5) is 4.39 Å². The number of para-hydroxylation sites is 1. The number of rotatable bonds is 6. The summed E-state index contributed by atoms with van der Waals surface area (Å²) in [6.07, 6.45) is 0. The summed E-state index contributed by atoms with van der Waals surface area (Å²) in [4.78, 5) is 12.6. The molecule has 0 aliphatic heterocycles. The van der Waals surface area contributed by atoms with Gasteiger partial charge in [0, 0.05) is 16.2 Å². The summed E-state index contributed by atoms with van der Waals surface area (Å²) in [6.45, 7) is 0.803. The van der Waals surface area contributed by atoms with E-state index >= 15 is 0 Å². The van der Waals surface area contributed by atoms with Gasteiger partial charge >= 0.3 is 0 Å². The molecule has 0 saturated heterocycles. The molecular weight excluding hydrogens is 386 g/mol. The first-order valence-corrected chi connectivity index (χ1v) is 7.42. The SMILES string of the molecule is COCCOc1ccccc1C(=O)c1ccc(F)cc1I. The van der Waals surface area contributed by atoms with E-state index in [1.54, 1.807) is 31.4 Å². The third-order valence-corrected chi connectivity index (χ3v) is 3.74. The number of halogens is 2. The van der Waals surface area contributed by atoms with Gasteiger partial charge in [-0.15, -0.1) is 0 Å². The molecule has 0 fully saturated rings. The standard InChI is InChI=1S/C16H14FIO3/c1-20-8-9-21-15-5-3-2-4-13(15)16(19)12-7-6-11(17)10-14(12)18/h2-7,10H,8-9H2,1H3. The van der Waals surface area contributed by atoms with Crippen molar-refractivity contribution >= 4 is 28.4 Å². The van der Waals surface area contributed by atoms with E-state index in [2.05, 4.69) is 0 Å². The van der Waals surface area contributed by atoms with E-state index in [9.17, 15) is 9.18 Å². The minimum Gasteiger partial charge on any atom is -0.490 e. The highest BCUT2D eigenvalue weighted by molar-refractivity contribution is 14.1. The summed E-state index contributed by atoms with van der Waals surface area (Å²) >= 11 is 1.95. The number of carbonyl (C=O) groups is 1. The Morgan fingerprint density at radius 1 is 1.14 bits per heavy atom. The molecule has 0 spiro atoms. The molecule has 3 nitrogen and oxygen atoms in total. The number of methoxy groups -OCH3 is 1. The van der Waals surface area contributed by atoms with Crippen molar-refractivity contribution in [1.29, 1.82) is 0 Å². The first-order valence-electron chi connectivity index (χ1n) is 6.34. The van der Waals surface area contributed by atoms with Crippen molar-refractivity contribution in [3.05, 3.63) is 63.0 Å². The van der Waals surface area contributed by atoms with Crippen LogP contribution in [0.25, 0.3) is 0 Å². The van der Waals surface area contributed by atoms with Crippen molar-refractivity contribution in [2.75, 3.05) is 20.3 Å². The fourth-order valence-electron chi connectivity index (χ4n) is 1.83. The molecule has 0 aromatic heterocycles. The number of hydrogen-bond acceptors (Lipinski definition) is 3. The Morgan fingerprint density at radius 3 is 2.62 bits per heavy atom. The molecule has 0 aliphatic carbocycles. The van der Waals surface area contributed by atoms with E-state index in [1.165, 1.54) is 18.2 Å². The Hall–Kier alpha value is -1.47. The van der Waals surface area contributed by atoms with Crippen LogP contribution in [0.3, 0.4) is 0 Å². The molecule has 0 radical (unpaired) electrons. The van der Waals surface area contributed by atoms with Crippen LogP contribution < -0.4 is 4.74 Å². The number of ether oxygens (including phenoxy) is 2. The van der Waals surface area contributed by atoms with Crippen LogP contribution in [-0.4, -0.2) is 26.1 Å². The smallest absolute Gasteiger partial charge is 0.197 e. The van der Waals surface area contributed by atoms with Crippen LogP contribution in [0.2, 0.25) is 0 Å². The lowest BCUT2D eigenvalue weighted by Crippen LogP contribution is -2.10. The zero-order chi connectivity index (χ0) is 15.2. The second kappa shape index (κ2) is 7.51. The number of carbonyl (C=O) groups excluding carboxylic acids is 1. The summed E-state index contributed by atoms with van der Waals surface area (Å²) in [5.74, 6) is -0.0485. The fourth-order valence-corrected chi connectivity index (χ4v) is 2.56. The third kappa shape index (κ3) is 4.01. The molecule has 2 rings (SSSR count). The van der Waals surface area contributed by atoms with Crippen LogP contribution in [0, 0.1) is 9.39 Å². The van der Waals surface area contributed by atoms with Gasteiger partial charge < -0.3 is 9.47 Å². The summed E-state index contributed by atoms with van der Waals surface area (Å²) in [6, 6.07) is 11.1. The molecule has 110 valence electrons. The van der Waals surface area contributed by atoms with Gasteiger partial charge in [0.15, 0.2) is 5.78 Å². The van der Waals surface area contributed by atoms with Gasteiger partial charge in [0.2, 0.25) is 0 Å². The molecule has 0 atom stereocenters. The van der Waals surface area contributed by atoms with Gasteiger partial charge in [0.1, 0.15) is 18.2 Å². The van der Waals surface area contributed by atoms with E-state index in [0.29, 0.717) is 33.7 Å². The lowest BCUT2D eigenvalue weighted by molar-refractivity contribution is 0.103. The summed E-state index contributed by atoms with van der Waals surface area (Å²) in [5.41, 5.74) is 0.915. The average molecular weight is 400 g/mol. The average Bonchev–Trinajstić information content (AvgIpc) is 2.47. The minimum atomic E-state index is -0.361.